The Hall–Kier alpha value is -2.97. The lowest BCUT2D eigenvalue weighted by molar-refractivity contribution is -0.384. The molecule has 1 spiro atoms. The molecule has 1 saturated heterocycles. The van der Waals surface area contributed by atoms with Gasteiger partial charge >= 0.3 is 6.03 Å². The molecule has 1 aliphatic carbocycles. The second-order valence-corrected chi connectivity index (χ2v) is 7.65. The highest BCUT2D eigenvalue weighted by Gasteiger charge is 2.55. The fraction of sp³-hybridized carbons (Fsp3) is 0.526. The Bertz CT molecular complexity index is 868. The Balaban J connectivity index is 1.79. The number of aryl methyl sites for hydroxylation is 1. The third-order valence-corrected chi connectivity index (χ3v) is 5.98. The molecular formula is C19H24N4O5. The molecule has 0 bridgehead atoms. The molecule has 9 heteroatoms. The number of rotatable bonds is 4. The van der Waals surface area contributed by atoms with Crippen molar-refractivity contribution < 1.29 is 19.3 Å². The SMILES string of the molecule is Cc1ccc([N+](=O)[O-])c(NC(=O)CN2C(=O)N[C@]3(CCCC[C@H]3C)C2=O)c1C. The van der Waals surface area contributed by atoms with Crippen molar-refractivity contribution in [3.8, 4) is 0 Å². The molecule has 1 saturated carbocycles. The van der Waals surface area contributed by atoms with Crippen molar-refractivity contribution in [2.45, 2.75) is 52.0 Å². The van der Waals surface area contributed by atoms with E-state index in [2.05, 4.69) is 10.6 Å². The van der Waals surface area contributed by atoms with Gasteiger partial charge in [-0.2, -0.15) is 0 Å². The van der Waals surface area contributed by atoms with E-state index in [1.165, 1.54) is 6.07 Å². The summed E-state index contributed by atoms with van der Waals surface area (Å²) < 4.78 is 0. The normalized spacial score (nSPS) is 24.4. The van der Waals surface area contributed by atoms with Gasteiger partial charge in [0.25, 0.3) is 11.6 Å². The number of hydrogen-bond acceptors (Lipinski definition) is 5. The number of urea groups is 1. The molecule has 3 rings (SSSR count). The lowest BCUT2D eigenvalue weighted by Crippen LogP contribution is -2.54. The Morgan fingerprint density at radius 1 is 1.36 bits per heavy atom. The minimum atomic E-state index is -0.944. The van der Waals surface area contributed by atoms with Crippen molar-refractivity contribution in [2.75, 3.05) is 11.9 Å². The molecule has 9 nitrogen and oxygen atoms in total. The predicted octanol–water partition coefficient (Wildman–Crippen LogP) is 2.65. The summed E-state index contributed by atoms with van der Waals surface area (Å²) in [4.78, 5) is 49.5. The van der Waals surface area contributed by atoms with Crippen LogP contribution in [0.25, 0.3) is 0 Å². The van der Waals surface area contributed by atoms with Gasteiger partial charge in [0.1, 0.15) is 17.8 Å². The summed E-state index contributed by atoms with van der Waals surface area (Å²) in [5.74, 6) is -1.05. The molecule has 2 atom stereocenters. The average molecular weight is 388 g/mol. The van der Waals surface area contributed by atoms with E-state index in [9.17, 15) is 24.5 Å². The van der Waals surface area contributed by atoms with Gasteiger partial charge in [-0.3, -0.25) is 24.6 Å². The number of carbonyl (C=O) groups excluding carboxylic acids is 3. The number of carbonyl (C=O) groups is 3. The van der Waals surface area contributed by atoms with Crippen molar-refractivity contribution in [3.05, 3.63) is 33.4 Å². The first-order chi connectivity index (χ1) is 13.2. The molecule has 1 aromatic carbocycles. The first-order valence-corrected chi connectivity index (χ1v) is 9.36. The van der Waals surface area contributed by atoms with Gasteiger partial charge in [0.2, 0.25) is 5.91 Å². The first-order valence-electron chi connectivity index (χ1n) is 9.36. The van der Waals surface area contributed by atoms with Gasteiger partial charge in [0, 0.05) is 6.07 Å². The third kappa shape index (κ3) is 3.21. The van der Waals surface area contributed by atoms with E-state index in [0.717, 1.165) is 29.7 Å². The third-order valence-electron chi connectivity index (χ3n) is 5.98. The van der Waals surface area contributed by atoms with Gasteiger partial charge in [0.15, 0.2) is 0 Å². The predicted molar refractivity (Wildman–Crippen MR) is 102 cm³/mol. The molecule has 2 aliphatic rings. The van der Waals surface area contributed by atoms with Crippen LogP contribution in [0.3, 0.4) is 0 Å². The number of nitro groups is 1. The molecule has 28 heavy (non-hydrogen) atoms. The fourth-order valence-electron chi connectivity index (χ4n) is 4.07. The fourth-order valence-corrected chi connectivity index (χ4v) is 4.07. The quantitative estimate of drug-likeness (QED) is 0.466. The van der Waals surface area contributed by atoms with Crippen LogP contribution < -0.4 is 10.6 Å². The lowest BCUT2D eigenvalue weighted by atomic mass is 9.73. The first kappa shape index (κ1) is 19.8. The molecule has 1 aliphatic heterocycles. The van der Waals surface area contributed by atoms with Crippen LogP contribution in [-0.2, 0) is 9.59 Å². The van der Waals surface area contributed by atoms with E-state index in [1.807, 2.05) is 6.92 Å². The summed E-state index contributed by atoms with van der Waals surface area (Å²) in [5.41, 5.74) is 0.262. The highest BCUT2D eigenvalue weighted by Crippen LogP contribution is 2.38. The standard InChI is InChI=1S/C19H24N4O5/c1-11-7-8-14(23(27)28)16(13(11)3)20-15(24)10-22-17(25)19(21-18(22)26)9-5-4-6-12(19)2/h7-8,12H,4-6,9-10H2,1-3H3,(H,20,24)(H,21,26)/t12-,19+/m1/s1. The maximum atomic E-state index is 12.9. The smallest absolute Gasteiger partial charge is 0.323 e. The highest BCUT2D eigenvalue weighted by molar-refractivity contribution is 6.10. The molecule has 0 radical (unpaired) electrons. The van der Waals surface area contributed by atoms with Gasteiger partial charge in [0.05, 0.1) is 4.92 Å². The summed E-state index contributed by atoms with van der Waals surface area (Å²) >= 11 is 0. The second-order valence-electron chi connectivity index (χ2n) is 7.65. The van der Waals surface area contributed by atoms with E-state index >= 15 is 0 Å². The molecule has 2 fully saturated rings. The van der Waals surface area contributed by atoms with Crippen LogP contribution in [0, 0.1) is 29.9 Å². The number of hydrogen-bond donors (Lipinski definition) is 2. The zero-order valence-corrected chi connectivity index (χ0v) is 16.2. The molecule has 1 aromatic rings. The highest BCUT2D eigenvalue weighted by atomic mass is 16.6. The Morgan fingerprint density at radius 2 is 2.07 bits per heavy atom. The molecule has 2 N–H and O–H groups in total. The van der Waals surface area contributed by atoms with Crippen LogP contribution in [0.1, 0.15) is 43.7 Å². The summed E-state index contributed by atoms with van der Waals surface area (Å²) in [6, 6.07) is 2.34. The van der Waals surface area contributed by atoms with Gasteiger partial charge in [-0.15, -0.1) is 0 Å². The number of anilines is 1. The number of nitrogens with zero attached hydrogens (tertiary/aromatic N) is 2. The summed E-state index contributed by atoms with van der Waals surface area (Å²) in [7, 11) is 0. The van der Waals surface area contributed by atoms with Crippen LogP contribution in [-0.4, -0.2) is 39.8 Å². The average Bonchev–Trinajstić information content (AvgIpc) is 2.86. The van der Waals surface area contributed by atoms with Crippen LogP contribution in [0.4, 0.5) is 16.2 Å². The van der Waals surface area contributed by atoms with Gasteiger partial charge in [-0.1, -0.05) is 25.8 Å². The second kappa shape index (κ2) is 7.21. The van der Waals surface area contributed by atoms with E-state index in [4.69, 9.17) is 0 Å². The maximum absolute atomic E-state index is 12.9. The Morgan fingerprint density at radius 3 is 2.71 bits per heavy atom. The van der Waals surface area contributed by atoms with Crippen molar-refractivity contribution >= 4 is 29.2 Å². The number of amides is 4. The van der Waals surface area contributed by atoms with Crippen molar-refractivity contribution in [2.24, 2.45) is 5.92 Å². The van der Waals surface area contributed by atoms with Crippen LogP contribution in [0.15, 0.2) is 12.1 Å². The van der Waals surface area contributed by atoms with E-state index in [0.29, 0.717) is 12.0 Å². The van der Waals surface area contributed by atoms with E-state index in [-0.39, 0.29) is 17.3 Å². The Kier molecular flexibility index (Phi) is 5.10. The number of nitrogens with one attached hydrogen (secondary N) is 2. The van der Waals surface area contributed by atoms with Crippen LogP contribution in [0.2, 0.25) is 0 Å². The monoisotopic (exact) mass is 388 g/mol. The van der Waals surface area contributed by atoms with Gasteiger partial charge < -0.3 is 10.6 Å². The zero-order chi connectivity index (χ0) is 20.6. The van der Waals surface area contributed by atoms with Crippen LogP contribution >= 0.6 is 0 Å². The summed E-state index contributed by atoms with van der Waals surface area (Å²) in [6.07, 6.45) is 3.23. The minimum Gasteiger partial charge on any atom is -0.323 e. The molecule has 1 heterocycles. The van der Waals surface area contributed by atoms with E-state index < -0.39 is 34.9 Å². The molecular weight excluding hydrogens is 364 g/mol. The zero-order valence-electron chi connectivity index (χ0n) is 16.2. The van der Waals surface area contributed by atoms with E-state index in [1.54, 1.807) is 19.9 Å². The Labute approximate surface area is 162 Å². The van der Waals surface area contributed by atoms with Crippen molar-refractivity contribution in [1.29, 1.82) is 0 Å². The largest absolute Gasteiger partial charge is 0.325 e. The van der Waals surface area contributed by atoms with Crippen molar-refractivity contribution in [1.82, 2.24) is 10.2 Å². The topological polar surface area (TPSA) is 122 Å². The molecule has 150 valence electrons. The van der Waals surface area contributed by atoms with Gasteiger partial charge in [-0.05, 0) is 43.7 Å². The minimum absolute atomic E-state index is 0.00846. The van der Waals surface area contributed by atoms with Crippen molar-refractivity contribution in [3.63, 3.8) is 0 Å². The number of imide groups is 1. The molecule has 4 amide bonds. The van der Waals surface area contributed by atoms with Gasteiger partial charge in [-0.25, -0.2) is 4.79 Å². The van der Waals surface area contributed by atoms with Crippen LogP contribution in [0.5, 0.6) is 0 Å². The maximum Gasteiger partial charge on any atom is 0.325 e. The summed E-state index contributed by atoms with van der Waals surface area (Å²) in [5, 5.41) is 16.6. The summed E-state index contributed by atoms with van der Waals surface area (Å²) in [6.45, 7) is 4.90. The lowest BCUT2D eigenvalue weighted by Gasteiger charge is -2.36. The molecule has 0 aromatic heterocycles. The number of benzene rings is 1. The number of nitro benzene ring substituents is 1. The molecule has 0 unspecified atom stereocenters.